The average molecular weight is 254 g/mol. The summed E-state index contributed by atoms with van der Waals surface area (Å²) in [4.78, 5) is 25.4. The third kappa shape index (κ3) is 2.83. The van der Waals surface area contributed by atoms with Crippen LogP contribution in [0.15, 0.2) is 18.2 Å². The molecule has 7 heteroatoms. The van der Waals surface area contributed by atoms with Gasteiger partial charge in [0.1, 0.15) is 0 Å². The van der Waals surface area contributed by atoms with Crippen LogP contribution in [-0.4, -0.2) is 28.9 Å². The summed E-state index contributed by atoms with van der Waals surface area (Å²) in [6.07, 6.45) is 0. The summed E-state index contributed by atoms with van der Waals surface area (Å²) in [7, 11) is 0. The molecule has 0 fully saturated rings. The standard InChI is InChI=1S/C11H8F2N2O3/c1-2-18-11(17)9(15-14)10(16)6-3-4-7(12)8(13)5-6/h3-5H,2H2,1H3. The molecule has 0 aliphatic heterocycles. The molecule has 0 radical (unpaired) electrons. The normalized spacial score (nSPS) is 9.50. The van der Waals surface area contributed by atoms with E-state index in [4.69, 9.17) is 5.53 Å². The minimum atomic E-state index is -1.25. The van der Waals surface area contributed by atoms with Gasteiger partial charge in [0.25, 0.3) is 5.78 Å². The highest BCUT2D eigenvalue weighted by atomic mass is 19.2. The highest BCUT2D eigenvalue weighted by Crippen LogP contribution is 2.10. The molecule has 0 saturated heterocycles. The van der Waals surface area contributed by atoms with Gasteiger partial charge in [0, 0.05) is 5.56 Å². The molecule has 0 aliphatic carbocycles. The zero-order chi connectivity index (χ0) is 13.7. The Balaban J connectivity index is 3.09. The molecule has 0 amide bonds. The molecule has 0 atom stereocenters. The number of hydrogen-bond donors (Lipinski definition) is 0. The molecular weight excluding hydrogens is 246 g/mol. The molecule has 0 N–H and O–H groups in total. The molecule has 1 rings (SSSR count). The lowest BCUT2D eigenvalue weighted by molar-refractivity contribution is -0.139. The summed E-state index contributed by atoms with van der Waals surface area (Å²) in [6.45, 7) is 1.47. The molecule has 0 aliphatic rings. The SMILES string of the molecule is CCOC(=O)C(=[N+]=[N-])C(=O)c1ccc(F)c(F)c1. The summed E-state index contributed by atoms with van der Waals surface area (Å²) in [6, 6.07) is 2.29. The monoisotopic (exact) mass is 254 g/mol. The van der Waals surface area contributed by atoms with Gasteiger partial charge in [-0.15, -0.1) is 0 Å². The zero-order valence-electron chi connectivity index (χ0n) is 9.31. The molecule has 0 aromatic heterocycles. The minimum Gasteiger partial charge on any atom is -0.457 e. The van der Waals surface area contributed by atoms with Crippen molar-refractivity contribution in [1.29, 1.82) is 0 Å². The van der Waals surface area contributed by atoms with E-state index in [-0.39, 0.29) is 12.2 Å². The lowest BCUT2D eigenvalue weighted by atomic mass is 10.1. The van der Waals surface area contributed by atoms with Gasteiger partial charge in [-0.25, -0.2) is 13.6 Å². The Kier molecular flexibility index (Phi) is 4.39. The van der Waals surface area contributed by atoms with Crippen molar-refractivity contribution in [2.24, 2.45) is 0 Å². The number of rotatable bonds is 4. The number of carbonyl (C=O) groups excluding carboxylic acids is 2. The number of nitrogens with zero attached hydrogens (tertiary/aromatic N) is 2. The van der Waals surface area contributed by atoms with Crippen LogP contribution >= 0.6 is 0 Å². The van der Waals surface area contributed by atoms with Crippen molar-refractivity contribution in [3.63, 3.8) is 0 Å². The van der Waals surface area contributed by atoms with E-state index < -0.39 is 29.1 Å². The largest absolute Gasteiger partial charge is 0.457 e. The van der Waals surface area contributed by atoms with Crippen molar-refractivity contribution in [2.75, 3.05) is 6.61 Å². The van der Waals surface area contributed by atoms with Crippen molar-refractivity contribution in [3.8, 4) is 0 Å². The maximum absolute atomic E-state index is 12.9. The average Bonchev–Trinajstić information content (AvgIpc) is 2.33. The van der Waals surface area contributed by atoms with E-state index in [0.29, 0.717) is 6.07 Å². The zero-order valence-corrected chi connectivity index (χ0v) is 9.31. The van der Waals surface area contributed by atoms with Crippen molar-refractivity contribution < 1.29 is 27.9 Å². The second-order valence-electron chi connectivity index (χ2n) is 3.13. The number of ether oxygens (including phenoxy) is 1. The fourth-order valence-electron chi connectivity index (χ4n) is 1.15. The molecule has 0 saturated carbocycles. The molecule has 94 valence electrons. The predicted octanol–water partition coefficient (Wildman–Crippen LogP) is 1.38. The topological polar surface area (TPSA) is 79.8 Å². The summed E-state index contributed by atoms with van der Waals surface area (Å²) in [5, 5.41) is 0. The van der Waals surface area contributed by atoms with Crippen LogP contribution in [0.4, 0.5) is 8.78 Å². The van der Waals surface area contributed by atoms with Crippen LogP contribution < -0.4 is 0 Å². The Labute approximate surface area is 101 Å². The molecule has 0 heterocycles. The van der Waals surface area contributed by atoms with Gasteiger partial charge < -0.3 is 10.3 Å². The van der Waals surface area contributed by atoms with Crippen LogP contribution in [0.2, 0.25) is 0 Å². The van der Waals surface area contributed by atoms with E-state index in [1.54, 1.807) is 0 Å². The number of benzene rings is 1. The molecule has 5 nitrogen and oxygen atoms in total. The first-order chi connectivity index (χ1) is 8.51. The summed E-state index contributed by atoms with van der Waals surface area (Å²) in [5.74, 6) is -4.59. The Bertz CT molecular complexity index is 551. The highest BCUT2D eigenvalue weighted by molar-refractivity contribution is 6.65. The van der Waals surface area contributed by atoms with Crippen molar-refractivity contribution in [3.05, 3.63) is 40.9 Å². The second kappa shape index (κ2) is 5.79. The van der Waals surface area contributed by atoms with Gasteiger partial charge in [0.2, 0.25) is 0 Å². The number of carbonyl (C=O) groups is 2. The van der Waals surface area contributed by atoms with Crippen molar-refractivity contribution in [2.45, 2.75) is 6.92 Å². The molecule has 0 spiro atoms. The number of Topliss-reactive ketones (excluding diaryl/α,β-unsaturated/α-hetero) is 1. The van der Waals surface area contributed by atoms with Crippen LogP contribution in [0.5, 0.6) is 0 Å². The Morgan fingerprint density at radius 1 is 1.33 bits per heavy atom. The minimum absolute atomic E-state index is 0.0249. The van der Waals surface area contributed by atoms with E-state index in [9.17, 15) is 18.4 Å². The van der Waals surface area contributed by atoms with Crippen LogP contribution in [0.3, 0.4) is 0 Å². The summed E-state index contributed by atoms with van der Waals surface area (Å²) >= 11 is 0. The third-order valence-electron chi connectivity index (χ3n) is 1.97. The van der Waals surface area contributed by atoms with Crippen LogP contribution in [-0.2, 0) is 9.53 Å². The number of hydrogen-bond acceptors (Lipinski definition) is 3. The molecule has 0 unspecified atom stereocenters. The smallest absolute Gasteiger partial charge is 0.446 e. The van der Waals surface area contributed by atoms with Gasteiger partial charge in [0.15, 0.2) is 11.6 Å². The van der Waals surface area contributed by atoms with E-state index in [2.05, 4.69) is 9.53 Å². The van der Waals surface area contributed by atoms with E-state index in [1.807, 2.05) is 0 Å². The predicted molar refractivity (Wildman–Crippen MR) is 55.9 cm³/mol. The quantitative estimate of drug-likeness (QED) is 0.203. The highest BCUT2D eigenvalue weighted by Gasteiger charge is 2.32. The Morgan fingerprint density at radius 3 is 2.50 bits per heavy atom. The lowest BCUT2D eigenvalue weighted by Gasteiger charge is -1.99. The van der Waals surface area contributed by atoms with Crippen molar-refractivity contribution >= 4 is 17.5 Å². The third-order valence-corrected chi connectivity index (χ3v) is 1.97. The summed E-state index contributed by atoms with van der Waals surface area (Å²) in [5.41, 5.74) is 7.35. The van der Waals surface area contributed by atoms with Crippen LogP contribution in [0.25, 0.3) is 5.53 Å². The van der Waals surface area contributed by atoms with E-state index >= 15 is 0 Å². The maximum Gasteiger partial charge on any atom is 0.446 e. The maximum atomic E-state index is 12.9. The van der Waals surface area contributed by atoms with Gasteiger partial charge in [-0.05, 0) is 25.1 Å². The lowest BCUT2D eigenvalue weighted by Crippen LogP contribution is -2.27. The molecule has 0 bridgehead atoms. The second-order valence-corrected chi connectivity index (χ2v) is 3.13. The fourth-order valence-corrected chi connectivity index (χ4v) is 1.15. The molecular formula is C11H8F2N2O3. The molecule has 1 aromatic carbocycles. The van der Waals surface area contributed by atoms with Gasteiger partial charge in [-0.3, -0.25) is 4.79 Å². The fraction of sp³-hybridized carbons (Fsp3) is 0.182. The van der Waals surface area contributed by atoms with Gasteiger partial charge in [0.05, 0.1) is 6.61 Å². The first kappa shape index (κ1) is 13.7. The Hall–Kier alpha value is -2.40. The first-order valence-corrected chi connectivity index (χ1v) is 4.90. The van der Waals surface area contributed by atoms with E-state index in [1.165, 1.54) is 6.92 Å². The van der Waals surface area contributed by atoms with Gasteiger partial charge in [-0.1, -0.05) is 0 Å². The Morgan fingerprint density at radius 2 is 2.00 bits per heavy atom. The van der Waals surface area contributed by atoms with Gasteiger partial charge >= 0.3 is 11.7 Å². The number of halogens is 2. The summed E-state index contributed by atoms with van der Waals surface area (Å²) < 4.78 is 30.1. The first-order valence-electron chi connectivity index (χ1n) is 4.90. The molecule has 18 heavy (non-hydrogen) atoms. The van der Waals surface area contributed by atoms with Crippen LogP contribution in [0.1, 0.15) is 17.3 Å². The van der Waals surface area contributed by atoms with Crippen LogP contribution in [0, 0.1) is 11.6 Å². The number of ketones is 1. The number of esters is 1. The van der Waals surface area contributed by atoms with Gasteiger partial charge in [-0.2, -0.15) is 4.79 Å². The van der Waals surface area contributed by atoms with E-state index in [0.717, 1.165) is 12.1 Å². The van der Waals surface area contributed by atoms with Crippen molar-refractivity contribution in [1.82, 2.24) is 0 Å². The molecule has 1 aromatic rings.